The summed E-state index contributed by atoms with van der Waals surface area (Å²) in [5.41, 5.74) is 6.03. The van der Waals surface area contributed by atoms with Gasteiger partial charge in [-0.1, -0.05) is 41.5 Å². The molecule has 0 rings (SSSR count). The van der Waals surface area contributed by atoms with Gasteiger partial charge in [-0.15, -0.1) is 0 Å². The summed E-state index contributed by atoms with van der Waals surface area (Å²) in [5.74, 6) is 0.758. The Bertz CT molecular complexity index is 299. The normalized spacial score (nSPS) is 15.8. The molecule has 0 aliphatic carbocycles. The fourth-order valence-electron chi connectivity index (χ4n) is 2.48. The first-order chi connectivity index (χ1) is 8.91. The van der Waals surface area contributed by atoms with Gasteiger partial charge in [0.1, 0.15) is 0 Å². The molecule has 0 aromatic rings. The van der Waals surface area contributed by atoms with Crippen molar-refractivity contribution in [1.29, 1.82) is 0 Å². The van der Waals surface area contributed by atoms with Crippen LogP contribution in [0.4, 0.5) is 0 Å². The fraction of sp³-hybridized carbons (Fsp3) is 0.941. The Labute approximate surface area is 126 Å². The highest BCUT2D eigenvalue weighted by atomic mass is 16.2. The molecule has 0 bridgehead atoms. The average molecular weight is 284 g/mol. The van der Waals surface area contributed by atoms with Gasteiger partial charge in [0.25, 0.3) is 0 Å². The molecule has 0 fully saturated rings. The van der Waals surface area contributed by atoms with E-state index in [1.165, 1.54) is 0 Å². The molecule has 2 unspecified atom stereocenters. The summed E-state index contributed by atoms with van der Waals surface area (Å²) < 4.78 is 0. The Kier molecular flexibility index (Phi) is 7.23. The molecule has 2 N–H and O–H groups in total. The predicted octanol–water partition coefficient (Wildman–Crippen LogP) is 3.67. The minimum absolute atomic E-state index is 0.116. The van der Waals surface area contributed by atoms with Gasteiger partial charge in [0, 0.05) is 19.5 Å². The van der Waals surface area contributed by atoms with E-state index in [9.17, 15) is 4.79 Å². The van der Waals surface area contributed by atoms with Crippen LogP contribution in [-0.4, -0.2) is 30.4 Å². The van der Waals surface area contributed by atoms with Crippen molar-refractivity contribution in [2.75, 3.05) is 13.6 Å². The van der Waals surface area contributed by atoms with Crippen LogP contribution in [0.3, 0.4) is 0 Å². The highest BCUT2D eigenvalue weighted by Gasteiger charge is 2.29. The third-order valence-electron chi connectivity index (χ3n) is 4.67. The summed E-state index contributed by atoms with van der Waals surface area (Å²) in [6.07, 6.45) is 2.55. The van der Waals surface area contributed by atoms with Crippen molar-refractivity contribution in [2.24, 2.45) is 22.5 Å². The zero-order valence-corrected chi connectivity index (χ0v) is 14.9. The lowest BCUT2D eigenvalue weighted by atomic mass is 9.76. The van der Waals surface area contributed by atoms with Gasteiger partial charge in [0.2, 0.25) is 5.91 Å². The van der Waals surface area contributed by atoms with Gasteiger partial charge >= 0.3 is 0 Å². The number of carbonyl (C=O) groups is 1. The summed E-state index contributed by atoms with van der Waals surface area (Å²) in [4.78, 5) is 14.3. The summed E-state index contributed by atoms with van der Waals surface area (Å²) in [5, 5.41) is 0. The molecule has 0 saturated heterocycles. The second-order valence-corrected chi connectivity index (χ2v) is 8.23. The van der Waals surface area contributed by atoms with E-state index in [-0.39, 0.29) is 22.8 Å². The minimum Gasteiger partial charge on any atom is -0.343 e. The van der Waals surface area contributed by atoms with E-state index in [0.29, 0.717) is 18.9 Å². The van der Waals surface area contributed by atoms with Crippen LogP contribution >= 0.6 is 0 Å². The van der Waals surface area contributed by atoms with Gasteiger partial charge in [-0.3, -0.25) is 4.79 Å². The highest BCUT2D eigenvalue weighted by molar-refractivity contribution is 5.76. The third-order valence-corrected chi connectivity index (χ3v) is 4.67. The fourth-order valence-corrected chi connectivity index (χ4v) is 2.48. The lowest BCUT2D eigenvalue weighted by Crippen LogP contribution is -2.43. The first kappa shape index (κ1) is 19.4. The molecular weight excluding hydrogens is 248 g/mol. The zero-order chi connectivity index (χ0) is 16.1. The Morgan fingerprint density at radius 1 is 1.05 bits per heavy atom. The van der Waals surface area contributed by atoms with E-state index < -0.39 is 0 Å². The van der Waals surface area contributed by atoms with Crippen molar-refractivity contribution in [3.63, 3.8) is 0 Å². The highest BCUT2D eigenvalue weighted by Crippen LogP contribution is 2.32. The number of carbonyl (C=O) groups excluding carboxylic acids is 1. The number of hydrogen-bond donors (Lipinski definition) is 1. The Balaban J connectivity index is 4.53. The van der Waals surface area contributed by atoms with Gasteiger partial charge in [0.15, 0.2) is 0 Å². The minimum atomic E-state index is 0.116. The molecule has 0 saturated carbocycles. The molecule has 0 aliphatic rings. The quantitative estimate of drug-likeness (QED) is 0.809. The van der Waals surface area contributed by atoms with E-state index in [0.717, 1.165) is 12.8 Å². The van der Waals surface area contributed by atoms with Crippen LogP contribution in [0.5, 0.6) is 0 Å². The van der Waals surface area contributed by atoms with Crippen molar-refractivity contribution in [3.05, 3.63) is 0 Å². The van der Waals surface area contributed by atoms with E-state index in [1.54, 1.807) is 0 Å². The SMILES string of the molecule is CC(N(C)C(=O)CCC(CCN)C(C)(C)C)C(C)(C)C. The van der Waals surface area contributed by atoms with Crippen LogP contribution in [0.25, 0.3) is 0 Å². The molecule has 3 nitrogen and oxygen atoms in total. The molecule has 1 amide bonds. The number of nitrogens with two attached hydrogens (primary N) is 1. The van der Waals surface area contributed by atoms with Gasteiger partial charge in [-0.25, -0.2) is 0 Å². The number of hydrogen-bond acceptors (Lipinski definition) is 2. The van der Waals surface area contributed by atoms with Crippen LogP contribution in [0.15, 0.2) is 0 Å². The Morgan fingerprint density at radius 2 is 1.55 bits per heavy atom. The van der Waals surface area contributed by atoms with E-state index in [4.69, 9.17) is 5.73 Å². The summed E-state index contributed by atoms with van der Waals surface area (Å²) >= 11 is 0. The first-order valence-corrected chi connectivity index (χ1v) is 7.87. The van der Waals surface area contributed by atoms with Crippen LogP contribution < -0.4 is 5.73 Å². The van der Waals surface area contributed by atoms with Gasteiger partial charge < -0.3 is 10.6 Å². The van der Waals surface area contributed by atoms with Crippen LogP contribution in [0, 0.1) is 16.7 Å². The first-order valence-electron chi connectivity index (χ1n) is 7.87. The van der Waals surface area contributed by atoms with Crippen LogP contribution in [0.1, 0.15) is 67.7 Å². The molecule has 120 valence electrons. The monoisotopic (exact) mass is 284 g/mol. The topological polar surface area (TPSA) is 46.3 Å². The molecule has 0 aliphatic heterocycles. The molecule has 20 heavy (non-hydrogen) atoms. The van der Waals surface area contributed by atoms with Crippen molar-refractivity contribution in [1.82, 2.24) is 4.90 Å². The molecule has 0 heterocycles. The lowest BCUT2D eigenvalue weighted by molar-refractivity contribution is -0.134. The van der Waals surface area contributed by atoms with Crippen molar-refractivity contribution in [3.8, 4) is 0 Å². The summed E-state index contributed by atoms with van der Waals surface area (Å²) in [7, 11) is 1.92. The van der Waals surface area contributed by atoms with Crippen molar-refractivity contribution < 1.29 is 4.79 Å². The molecular formula is C17H36N2O. The Morgan fingerprint density at radius 3 is 1.90 bits per heavy atom. The van der Waals surface area contributed by atoms with Crippen molar-refractivity contribution in [2.45, 2.75) is 73.8 Å². The molecule has 0 spiro atoms. The van der Waals surface area contributed by atoms with E-state index in [1.807, 2.05) is 11.9 Å². The lowest BCUT2D eigenvalue weighted by Gasteiger charge is -2.36. The molecule has 0 radical (unpaired) electrons. The predicted molar refractivity (Wildman–Crippen MR) is 87.5 cm³/mol. The van der Waals surface area contributed by atoms with Gasteiger partial charge in [-0.2, -0.15) is 0 Å². The second kappa shape index (κ2) is 7.44. The smallest absolute Gasteiger partial charge is 0.222 e. The third kappa shape index (κ3) is 6.25. The number of amides is 1. The summed E-state index contributed by atoms with van der Waals surface area (Å²) in [6, 6.07) is 0.248. The molecule has 3 heteroatoms. The van der Waals surface area contributed by atoms with Crippen molar-refractivity contribution >= 4 is 5.91 Å². The average Bonchev–Trinajstić information content (AvgIpc) is 2.29. The molecule has 0 aromatic carbocycles. The number of rotatable bonds is 6. The van der Waals surface area contributed by atoms with Gasteiger partial charge in [0.05, 0.1) is 0 Å². The standard InChI is InChI=1S/C17H36N2O/c1-13(16(2,3)4)19(8)15(20)10-9-14(11-12-18)17(5,6)7/h13-14H,9-12,18H2,1-8H3. The molecule has 2 atom stereocenters. The van der Waals surface area contributed by atoms with Gasteiger partial charge in [-0.05, 0) is 43.1 Å². The van der Waals surface area contributed by atoms with E-state index in [2.05, 4.69) is 48.5 Å². The summed E-state index contributed by atoms with van der Waals surface area (Å²) in [6.45, 7) is 16.1. The Hall–Kier alpha value is -0.570. The largest absolute Gasteiger partial charge is 0.343 e. The molecule has 0 aromatic heterocycles. The number of nitrogens with zero attached hydrogens (tertiary/aromatic N) is 1. The maximum absolute atomic E-state index is 12.4. The maximum Gasteiger partial charge on any atom is 0.222 e. The van der Waals surface area contributed by atoms with E-state index >= 15 is 0 Å². The second-order valence-electron chi connectivity index (χ2n) is 8.23. The zero-order valence-electron chi connectivity index (χ0n) is 14.9. The maximum atomic E-state index is 12.4. The van der Waals surface area contributed by atoms with Crippen LogP contribution in [0.2, 0.25) is 0 Å². The van der Waals surface area contributed by atoms with Crippen LogP contribution in [-0.2, 0) is 4.79 Å².